The van der Waals surface area contributed by atoms with Crippen molar-refractivity contribution in [2.24, 2.45) is 35.5 Å². The van der Waals surface area contributed by atoms with Crippen LogP contribution in [0.2, 0.25) is 0 Å². The van der Waals surface area contributed by atoms with Gasteiger partial charge in [0.25, 0.3) is 0 Å². The van der Waals surface area contributed by atoms with Gasteiger partial charge < -0.3 is 0 Å². The van der Waals surface area contributed by atoms with Gasteiger partial charge in [0.2, 0.25) is 0 Å². The molecule has 134 valence electrons. The lowest BCUT2D eigenvalue weighted by Gasteiger charge is -2.32. The molecule has 0 amide bonds. The molecule has 0 heteroatoms. The fraction of sp³-hybridized carbons (Fsp3) is 1.00. The highest BCUT2D eigenvalue weighted by molar-refractivity contribution is 4.75. The molecule has 0 saturated heterocycles. The van der Waals surface area contributed by atoms with Crippen LogP contribution in [0, 0.1) is 35.5 Å². The van der Waals surface area contributed by atoms with Gasteiger partial charge in [-0.05, 0) is 61.2 Å². The van der Waals surface area contributed by atoms with Crippen molar-refractivity contribution in [1.82, 2.24) is 0 Å². The fourth-order valence-corrected chi connectivity index (χ4v) is 3.58. The Bertz CT molecular complexity index is 202. The van der Waals surface area contributed by atoms with Crippen LogP contribution in [0.5, 0.6) is 0 Å². The molecule has 1 saturated carbocycles. The van der Waals surface area contributed by atoms with Crippen molar-refractivity contribution in [3.63, 3.8) is 0 Å². The molecule has 1 aliphatic carbocycles. The summed E-state index contributed by atoms with van der Waals surface area (Å²) in [5, 5.41) is 0. The number of hydrogen-bond donors (Lipinski definition) is 0. The highest BCUT2D eigenvalue weighted by Gasteiger charge is 2.24. The molecule has 22 heavy (non-hydrogen) atoms. The minimum Gasteiger partial charge on any atom is -0.0628 e. The van der Waals surface area contributed by atoms with Gasteiger partial charge in [0.1, 0.15) is 0 Å². The molecule has 0 aromatic rings. The van der Waals surface area contributed by atoms with Crippen LogP contribution in [-0.2, 0) is 0 Å². The summed E-state index contributed by atoms with van der Waals surface area (Å²) in [6.07, 6.45) is 11.6. The first-order chi connectivity index (χ1) is 10.2. The largest absolute Gasteiger partial charge is 0.0628 e. The monoisotopic (exact) mass is 310 g/mol. The minimum atomic E-state index is 0.896. The van der Waals surface area contributed by atoms with Gasteiger partial charge in [0, 0.05) is 0 Å². The van der Waals surface area contributed by atoms with E-state index in [4.69, 9.17) is 0 Å². The Balaban J connectivity index is 0.000000409. The maximum Gasteiger partial charge on any atom is -0.0391 e. The molecule has 0 heterocycles. The highest BCUT2D eigenvalue weighted by Crippen LogP contribution is 2.36. The SMILES string of the molecule is CC(C)C1CCC(C(C)C)CC1.CC(C)CCCCC(C)C. The van der Waals surface area contributed by atoms with E-state index < -0.39 is 0 Å². The second-order valence-electron chi connectivity index (χ2n) is 9.24. The predicted molar refractivity (Wildman–Crippen MR) is 103 cm³/mol. The van der Waals surface area contributed by atoms with E-state index in [1.54, 1.807) is 0 Å². The van der Waals surface area contributed by atoms with Crippen molar-refractivity contribution in [1.29, 1.82) is 0 Å². The summed E-state index contributed by atoms with van der Waals surface area (Å²) in [6.45, 7) is 18.7. The molecule has 0 spiro atoms. The standard InChI is InChI=1S/C12H24.C10H22/c1-9(2)11-5-7-12(8-6-11)10(3)4;1-9(2)7-5-6-8-10(3)4/h9-12H,5-8H2,1-4H3;9-10H,5-8H2,1-4H3. The molecule has 0 aromatic heterocycles. The van der Waals surface area contributed by atoms with Crippen LogP contribution in [0.4, 0.5) is 0 Å². The third-order valence-electron chi connectivity index (χ3n) is 5.52. The molecule has 1 aliphatic rings. The Morgan fingerprint density at radius 1 is 0.545 bits per heavy atom. The summed E-state index contributed by atoms with van der Waals surface area (Å²) in [5.41, 5.74) is 0. The Labute approximate surface area is 142 Å². The van der Waals surface area contributed by atoms with Crippen LogP contribution < -0.4 is 0 Å². The summed E-state index contributed by atoms with van der Waals surface area (Å²) in [5.74, 6) is 5.68. The zero-order chi connectivity index (χ0) is 17.1. The zero-order valence-corrected chi connectivity index (χ0v) is 17.1. The second kappa shape index (κ2) is 12.4. The summed E-state index contributed by atoms with van der Waals surface area (Å²) in [4.78, 5) is 0. The molecule has 1 rings (SSSR count). The summed E-state index contributed by atoms with van der Waals surface area (Å²) >= 11 is 0. The highest BCUT2D eigenvalue weighted by atomic mass is 14.3. The van der Waals surface area contributed by atoms with Crippen LogP contribution in [0.25, 0.3) is 0 Å². The number of rotatable bonds is 7. The van der Waals surface area contributed by atoms with Crippen LogP contribution >= 0.6 is 0 Å². The third kappa shape index (κ3) is 11.6. The molecule has 0 aromatic carbocycles. The van der Waals surface area contributed by atoms with E-state index in [2.05, 4.69) is 55.4 Å². The number of unbranched alkanes of at least 4 members (excludes halogenated alkanes) is 1. The Morgan fingerprint density at radius 2 is 0.818 bits per heavy atom. The van der Waals surface area contributed by atoms with Gasteiger partial charge in [0.15, 0.2) is 0 Å². The normalized spacial score (nSPS) is 22.4. The smallest absolute Gasteiger partial charge is 0.0391 e. The maximum atomic E-state index is 2.38. The van der Waals surface area contributed by atoms with E-state index in [1.807, 2.05) is 0 Å². The van der Waals surface area contributed by atoms with E-state index in [0.29, 0.717) is 0 Å². The quantitative estimate of drug-likeness (QED) is 0.418. The fourth-order valence-electron chi connectivity index (χ4n) is 3.58. The number of hydrogen-bond acceptors (Lipinski definition) is 0. The lowest BCUT2D eigenvalue weighted by Crippen LogP contribution is -2.21. The van der Waals surface area contributed by atoms with E-state index in [1.165, 1.54) is 51.4 Å². The maximum absolute atomic E-state index is 2.38. The van der Waals surface area contributed by atoms with Crippen LogP contribution in [0.1, 0.15) is 107 Å². The van der Waals surface area contributed by atoms with Gasteiger partial charge in [-0.15, -0.1) is 0 Å². The lowest BCUT2D eigenvalue weighted by molar-refractivity contribution is 0.189. The van der Waals surface area contributed by atoms with Gasteiger partial charge in [0.05, 0.1) is 0 Å². The Hall–Kier alpha value is 0. The van der Waals surface area contributed by atoms with Gasteiger partial charge in [-0.2, -0.15) is 0 Å². The second-order valence-corrected chi connectivity index (χ2v) is 9.24. The van der Waals surface area contributed by atoms with Crippen molar-refractivity contribution >= 4 is 0 Å². The van der Waals surface area contributed by atoms with Crippen LogP contribution in [0.3, 0.4) is 0 Å². The average molecular weight is 311 g/mol. The first-order valence-corrected chi connectivity index (χ1v) is 10.2. The molecule has 1 fully saturated rings. The third-order valence-corrected chi connectivity index (χ3v) is 5.52. The molecule has 0 aliphatic heterocycles. The predicted octanol–water partition coefficient (Wildman–Crippen LogP) is 7.96. The van der Waals surface area contributed by atoms with E-state index in [-0.39, 0.29) is 0 Å². The van der Waals surface area contributed by atoms with Crippen LogP contribution in [0.15, 0.2) is 0 Å². The molecule has 0 N–H and O–H groups in total. The minimum absolute atomic E-state index is 0.896. The summed E-state index contributed by atoms with van der Waals surface area (Å²) in [6, 6.07) is 0. The first-order valence-electron chi connectivity index (χ1n) is 10.2. The van der Waals surface area contributed by atoms with Crippen molar-refractivity contribution in [2.45, 2.75) is 107 Å². The lowest BCUT2D eigenvalue weighted by atomic mass is 9.73. The average Bonchev–Trinajstić information content (AvgIpc) is 2.44. The van der Waals surface area contributed by atoms with Gasteiger partial charge in [-0.25, -0.2) is 0 Å². The van der Waals surface area contributed by atoms with Gasteiger partial charge in [-0.1, -0.05) is 81.1 Å². The van der Waals surface area contributed by atoms with Crippen molar-refractivity contribution < 1.29 is 0 Å². The topological polar surface area (TPSA) is 0 Å². The zero-order valence-electron chi connectivity index (χ0n) is 17.1. The van der Waals surface area contributed by atoms with Crippen molar-refractivity contribution in [2.75, 3.05) is 0 Å². The molecule has 0 nitrogen and oxygen atoms in total. The Kier molecular flexibility index (Phi) is 12.4. The van der Waals surface area contributed by atoms with Crippen molar-refractivity contribution in [3.05, 3.63) is 0 Å². The van der Waals surface area contributed by atoms with Crippen molar-refractivity contribution in [3.8, 4) is 0 Å². The molecular weight excluding hydrogens is 264 g/mol. The molecular formula is C22H46. The summed E-state index contributed by atoms with van der Waals surface area (Å²) < 4.78 is 0. The Morgan fingerprint density at radius 3 is 1.00 bits per heavy atom. The first kappa shape index (κ1) is 22.0. The molecule has 0 atom stereocenters. The van der Waals surface area contributed by atoms with Gasteiger partial charge >= 0.3 is 0 Å². The van der Waals surface area contributed by atoms with Gasteiger partial charge in [-0.3, -0.25) is 0 Å². The van der Waals surface area contributed by atoms with E-state index in [9.17, 15) is 0 Å². The van der Waals surface area contributed by atoms with E-state index in [0.717, 1.165) is 35.5 Å². The molecule has 0 radical (unpaired) electrons. The van der Waals surface area contributed by atoms with E-state index >= 15 is 0 Å². The van der Waals surface area contributed by atoms with Crippen LogP contribution in [-0.4, -0.2) is 0 Å². The molecule has 0 bridgehead atoms. The molecule has 0 unspecified atom stereocenters. The summed E-state index contributed by atoms with van der Waals surface area (Å²) in [7, 11) is 0.